The van der Waals surface area contributed by atoms with Crippen molar-refractivity contribution in [1.82, 2.24) is 15.2 Å². The van der Waals surface area contributed by atoms with E-state index in [1.54, 1.807) is 4.57 Å². The average Bonchev–Trinajstić information content (AvgIpc) is 3.46. The van der Waals surface area contributed by atoms with Gasteiger partial charge < -0.3 is 15.2 Å². The van der Waals surface area contributed by atoms with Crippen LogP contribution in [0.1, 0.15) is 52.7 Å². The molecule has 4 rings (SSSR count). The molecule has 1 aliphatic heterocycles. The molecule has 2 fully saturated rings. The first-order valence-corrected chi connectivity index (χ1v) is 10.8. The summed E-state index contributed by atoms with van der Waals surface area (Å²) in [5.41, 5.74) is 3.17. The number of amides is 1. The topological polar surface area (TPSA) is 63.1 Å². The zero-order chi connectivity index (χ0) is 20.4. The van der Waals surface area contributed by atoms with E-state index in [-0.39, 0.29) is 17.0 Å². The minimum absolute atomic E-state index is 0.167. The fourth-order valence-corrected chi connectivity index (χ4v) is 4.42. The van der Waals surface area contributed by atoms with Gasteiger partial charge in [-0.05, 0) is 87.7 Å². The number of hydrogen-bond donors (Lipinski definition) is 2. The Morgan fingerprint density at radius 2 is 2.00 bits per heavy atom. The Labute approximate surface area is 172 Å². The molecule has 1 aromatic carbocycles. The van der Waals surface area contributed by atoms with Gasteiger partial charge in [0.05, 0.1) is 0 Å². The van der Waals surface area contributed by atoms with Gasteiger partial charge in [0.25, 0.3) is 11.5 Å². The van der Waals surface area contributed by atoms with E-state index in [1.807, 2.05) is 31.3 Å². The lowest BCUT2D eigenvalue weighted by molar-refractivity contribution is 0.0928. The van der Waals surface area contributed by atoms with Gasteiger partial charge in [-0.3, -0.25) is 9.59 Å². The molecule has 2 N–H and O–H groups in total. The summed E-state index contributed by atoms with van der Waals surface area (Å²) in [6, 6.07) is 10.2. The third kappa shape index (κ3) is 4.45. The van der Waals surface area contributed by atoms with Crippen LogP contribution in [-0.2, 0) is 13.0 Å². The van der Waals surface area contributed by atoms with E-state index in [0.29, 0.717) is 18.0 Å². The first kappa shape index (κ1) is 19.9. The van der Waals surface area contributed by atoms with Crippen molar-refractivity contribution < 1.29 is 4.79 Å². The van der Waals surface area contributed by atoms with Crippen LogP contribution >= 0.6 is 0 Å². The molecule has 1 saturated heterocycles. The van der Waals surface area contributed by atoms with Crippen LogP contribution in [0, 0.1) is 19.8 Å². The summed E-state index contributed by atoms with van der Waals surface area (Å²) in [6.45, 7) is 6.61. The number of carbonyl (C=O) groups is 1. The van der Waals surface area contributed by atoms with Gasteiger partial charge in [0.2, 0.25) is 0 Å². The molecule has 1 saturated carbocycles. The van der Waals surface area contributed by atoms with Crippen molar-refractivity contribution in [2.45, 2.75) is 58.0 Å². The van der Waals surface area contributed by atoms with Crippen molar-refractivity contribution in [3.05, 3.63) is 69.1 Å². The highest BCUT2D eigenvalue weighted by atomic mass is 16.2. The third-order valence-corrected chi connectivity index (χ3v) is 6.48. The molecule has 0 radical (unpaired) electrons. The normalized spacial score (nSPS) is 20.3. The lowest BCUT2D eigenvalue weighted by atomic mass is 9.98. The maximum Gasteiger partial charge on any atom is 0.263 e. The summed E-state index contributed by atoms with van der Waals surface area (Å²) in [6.07, 6.45) is 6.83. The van der Waals surface area contributed by atoms with E-state index in [9.17, 15) is 9.59 Å². The number of aryl methyl sites for hydroxylation is 2. The van der Waals surface area contributed by atoms with Gasteiger partial charge in [-0.2, -0.15) is 0 Å². The van der Waals surface area contributed by atoms with Gasteiger partial charge in [0, 0.05) is 18.3 Å². The van der Waals surface area contributed by atoms with Crippen molar-refractivity contribution in [1.29, 1.82) is 0 Å². The number of nitrogens with one attached hydrogen (secondary N) is 2. The first-order valence-electron chi connectivity index (χ1n) is 10.8. The van der Waals surface area contributed by atoms with Gasteiger partial charge in [0.15, 0.2) is 0 Å². The number of pyridine rings is 1. The Hall–Kier alpha value is -2.40. The summed E-state index contributed by atoms with van der Waals surface area (Å²) >= 11 is 0. The zero-order valence-electron chi connectivity index (χ0n) is 17.5. The standard InChI is InChI=1S/C24H31N3O2/c1-17-6-3-4-8-20(17)14-24(10-11-24)26-22(28)21-18(2)9-13-27(23(21)29)16-19-7-5-12-25-15-19/h3-4,6,8-9,13,19,25H,5,7,10-12,14-16H2,1-2H3,(H,26,28). The molecule has 2 aliphatic rings. The molecule has 5 heteroatoms. The number of piperidine rings is 1. The fraction of sp³-hybridized carbons (Fsp3) is 0.500. The summed E-state index contributed by atoms with van der Waals surface area (Å²) < 4.78 is 1.72. The van der Waals surface area contributed by atoms with Gasteiger partial charge in [0.1, 0.15) is 5.56 Å². The second-order valence-corrected chi connectivity index (χ2v) is 8.88. The minimum Gasteiger partial charge on any atom is -0.346 e. The van der Waals surface area contributed by atoms with Crippen molar-refractivity contribution >= 4 is 5.91 Å². The maximum atomic E-state index is 13.1. The average molecular weight is 394 g/mol. The van der Waals surface area contributed by atoms with Gasteiger partial charge in [-0.1, -0.05) is 24.3 Å². The highest BCUT2D eigenvalue weighted by Crippen LogP contribution is 2.39. The van der Waals surface area contributed by atoms with Crippen LogP contribution < -0.4 is 16.2 Å². The van der Waals surface area contributed by atoms with E-state index in [1.165, 1.54) is 11.1 Å². The Balaban J connectivity index is 1.51. The SMILES string of the molecule is Cc1ccccc1CC1(NC(=O)c2c(C)ccn(CC3CCCNC3)c2=O)CC1. The molecule has 1 unspecified atom stereocenters. The van der Waals surface area contributed by atoms with Crippen LogP contribution in [0.25, 0.3) is 0 Å². The van der Waals surface area contributed by atoms with Crippen LogP contribution in [0.3, 0.4) is 0 Å². The summed E-state index contributed by atoms with van der Waals surface area (Å²) in [5, 5.41) is 6.60. The largest absolute Gasteiger partial charge is 0.346 e. The molecule has 1 amide bonds. The molecule has 1 aliphatic carbocycles. The molecular weight excluding hydrogens is 362 g/mol. The number of aromatic nitrogens is 1. The Bertz CT molecular complexity index is 953. The minimum atomic E-state index is -0.227. The van der Waals surface area contributed by atoms with E-state index in [4.69, 9.17) is 0 Å². The molecule has 0 spiro atoms. The van der Waals surface area contributed by atoms with Crippen molar-refractivity contribution in [3.63, 3.8) is 0 Å². The summed E-state index contributed by atoms with van der Waals surface area (Å²) in [5.74, 6) is 0.214. The lowest BCUT2D eigenvalue weighted by Crippen LogP contribution is -2.43. The predicted molar refractivity (Wildman–Crippen MR) is 115 cm³/mol. The van der Waals surface area contributed by atoms with Crippen molar-refractivity contribution in [2.75, 3.05) is 13.1 Å². The van der Waals surface area contributed by atoms with Crippen molar-refractivity contribution in [3.8, 4) is 0 Å². The molecule has 0 bridgehead atoms. The van der Waals surface area contributed by atoms with E-state index < -0.39 is 0 Å². The number of hydrogen-bond acceptors (Lipinski definition) is 3. The van der Waals surface area contributed by atoms with Crippen LogP contribution in [0.5, 0.6) is 0 Å². The van der Waals surface area contributed by atoms with Crippen LogP contribution in [0.15, 0.2) is 41.3 Å². The highest BCUT2D eigenvalue weighted by Gasteiger charge is 2.44. The Morgan fingerprint density at radius 1 is 1.21 bits per heavy atom. The smallest absolute Gasteiger partial charge is 0.263 e. The molecule has 154 valence electrons. The monoisotopic (exact) mass is 393 g/mol. The molecule has 2 heterocycles. The second kappa shape index (κ2) is 8.15. The van der Waals surface area contributed by atoms with E-state index >= 15 is 0 Å². The molecule has 1 aromatic heterocycles. The highest BCUT2D eigenvalue weighted by molar-refractivity contribution is 5.96. The zero-order valence-corrected chi connectivity index (χ0v) is 17.5. The summed E-state index contributed by atoms with van der Waals surface area (Å²) in [4.78, 5) is 26.2. The molecular formula is C24H31N3O2. The summed E-state index contributed by atoms with van der Waals surface area (Å²) in [7, 11) is 0. The van der Waals surface area contributed by atoms with Gasteiger partial charge in [-0.15, -0.1) is 0 Å². The number of carbonyl (C=O) groups excluding carboxylic acids is 1. The quantitative estimate of drug-likeness (QED) is 0.793. The number of rotatable bonds is 6. The van der Waals surface area contributed by atoms with Crippen LogP contribution in [0.2, 0.25) is 0 Å². The van der Waals surface area contributed by atoms with Gasteiger partial charge >= 0.3 is 0 Å². The molecule has 5 nitrogen and oxygen atoms in total. The molecule has 1 atom stereocenters. The maximum absolute atomic E-state index is 13.1. The van der Waals surface area contributed by atoms with E-state index in [0.717, 1.165) is 50.8 Å². The first-order chi connectivity index (χ1) is 14.0. The lowest BCUT2D eigenvalue weighted by Gasteiger charge is -2.24. The number of benzene rings is 1. The van der Waals surface area contributed by atoms with Crippen molar-refractivity contribution in [2.24, 2.45) is 5.92 Å². The molecule has 29 heavy (non-hydrogen) atoms. The third-order valence-electron chi connectivity index (χ3n) is 6.48. The Kier molecular flexibility index (Phi) is 5.59. The van der Waals surface area contributed by atoms with E-state index in [2.05, 4.69) is 29.7 Å². The van der Waals surface area contributed by atoms with Crippen LogP contribution in [-0.4, -0.2) is 29.1 Å². The second-order valence-electron chi connectivity index (χ2n) is 8.88. The van der Waals surface area contributed by atoms with Gasteiger partial charge in [-0.25, -0.2) is 0 Å². The molecule has 2 aromatic rings. The van der Waals surface area contributed by atoms with Crippen LogP contribution in [0.4, 0.5) is 0 Å². The predicted octanol–water partition coefficient (Wildman–Crippen LogP) is 2.97. The Morgan fingerprint density at radius 3 is 2.69 bits per heavy atom. The number of nitrogens with zero attached hydrogens (tertiary/aromatic N) is 1. The fourth-order valence-electron chi connectivity index (χ4n) is 4.42.